The second-order valence-electron chi connectivity index (χ2n) is 3.73. The lowest BCUT2D eigenvalue weighted by Gasteiger charge is -2.40. The van der Waals surface area contributed by atoms with Crippen molar-refractivity contribution in [2.45, 2.75) is 50.6 Å². The Morgan fingerprint density at radius 2 is 2.17 bits per heavy atom. The number of hydrogen-bond donors (Lipinski definition) is 1. The van der Waals surface area contributed by atoms with Crippen LogP contribution in [0, 0.1) is 0 Å². The molecule has 70 valence electrons. The number of rotatable bonds is 0. The Hall–Kier alpha value is -0.120. The summed E-state index contributed by atoms with van der Waals surface area (Å²) in [5.41, 5.74) is 0. The van der Waals surface area contributed by atoms with E-state index in [2.05, 4.69) is 0 Å². The van der Waals surface area contributed by atoms with Crippen molar-refractivity contribution in [1.82, 2.24) is 0 Å². The first-order valence-electron chi connectivity index (χ1n) is 4.72. The Morgan fingerprint density at radius 3 is 3.00 bits per heavy atom. The van der Waals surface area contributed by atoms with Crippen molar-refractivity contribution in [2.24, 2.45) is 0 Å². The predicted molar refractivity (Wildman–Crippen MR) is 43.9 cm³/mol. The first kappa shape index (κ1) is 8.48. The smallest absolute Gasteiger partial charge is 0.0862 e. The summed E-state index contributed by atoms with van der Waals surface area (Å²) in [5.74, 6) is 0. The molecule has 4 atom stereocenters. The van der Waals surface area contributed by atoms with E-state index in [0.29, 0.717) is 0 Å². The fourth-order valence-electron chi connectivity index (χ4n) is 1.98. The second-order valence-corrected chi connectivity index (χ2v) is 3.73. The van der Waals surface area contributed by atoms with Crippen LogP contribution >= 0.6 is 0 Å². The maximum absolute atomic E-state index is 9.51. The van der Waals surface area contributed by atoms with Crippen LogP contribution < -0.4 is 0 Å². The zero-order chi connectivity index (χ0) is 8.55. The SMILES string of the molecule is C[C@H]1O[C@H]2CCCO[C@@H]2C[C@@H]1O. The van der Waals surface area contributed by atoms with Crippen molar-refractivity contribution in [3.63, 3.8) is 0 Å². The molecule has 2 aliphatic rings. The van der Waals surface area contributed by atoms with E-state index in [1.54, 1.807) is 0 Å². The van der Waals surface area contributed by atoms with Crippen LogP contribution in [0.25, 0.3) is 0 Å². The van der Waals surface area contributed by atoms with Crippen molar-refractivity contribution in [2.75, 3.05) is 6.61 Å². The van der Waals surface area contributed by atoms with Crippen molar-refractivity contribution >= 4 is 0 Å². The average molecular weight is 172 g/mol. The minimum atomic E-state index is -0.343. The molecule has 0 aromatic heterocycles. The van der Waals surface area contributed by atoms with Gasteiger partial charge in [-0.1, -0.05) is 0 Å². The quantitative estimate of drug-likeness (QED) is 0.584. The molecule has 0 amide bonds. The molecule has 0 aromatic rings. The van der Waals surface area contributed by atoms with Crippen LogP contribution in [0.4, 0.5) is 0 Å². The van der Waals surface area contributed by atoms with E-state index < -0.39 is 0 Å². The molecule has 0 spiro atoms. The summed E-state index contributed by atoms with van der Waals surface area (Å²) in [5, 5.41) is 9.51. The van der Waals surface area contributed by atoms with Crippen LogP contribution in [0.3, 0.4) is 0 Å². The first-order valence-corrected chi connectivity index (χ1v) is 4.72. The third-order valence-corrected chi connectivity index (χ3v) is 2.78. The number of aliphatic hydroxyl groups is 1. The lowest BCUT2D eigenvalue weighted by atomic mass is 9.94. The van der Waals surface area contributed by atoms with Crippen LogP contribution in [0.2, 0.25) is 0 Å². The van der Waals surface area contributed by atoms with Gasteiger partial charge in [0.1, 0.15) is 0 Å². The zero-order valence-corrected chi connectivity index (χ0v) is 7.40. The number of hydrogen-bond acceptors (Lipinski definition) is 3. The standard InChI is InChI=1S/C9H16O3/c1-6-7(10)5-9-8(12-6)3-2-4-11-9/h6-10H,2-5H2,1H3/t6-,7+,8+,9-/m1/s1. The second kappa shape index (κ2) is 3.32. The number of aliphatic hydroxyl groups excluding tert-OH is 1. The minimum absolute atomic E-state index is 0.0204. The summed E-state index contributed by atoms with van der Waals surface area (Å²) < 4.78 is 11.1. The molecule has 3 heteroatoms. The molecule has 0 unspecified atom stereocenters. The number of fused-ring (bicyclic) bond motifs is 1. The third kappa shape index (κ3) is 1.49. The number of ether oxygens (including phenoxy) is 2. The maximum Gasteiger partial charge on any atom is 0.0862 e. The lowest BCUT2D eigenvalue weighted by molar-refractivity contribution is -0.196. The molecule has 0 radical (unpaired) electrons. The maximum atomic E-state index is 9.51. The highest BCUT2D eigenvalue weighted by atomic mass is 16.6. The first-order chi connectivity index (χ1) is 5.77. The average Bonchev–Trinajstić information content (AvgIpc) is 2.07. The van der Waals surface area contributed by atoms with Gasteiger partial charge in [0.2, 0.25) is 0 Å². The topological polar surface area (TPSA) is 38.7 Å². The fourth-order valence-corrected chi connectivity index (χ4v) is 1.98. The third-order valence-electron chi connectivity index (χ3n) is 2.78. The largest absolute Gasteiger partial charge is 0.390 e. The van der Waals surface area contributed by atoms with Gasteiger partial charge < -0.3 is 14.6 Å². The molecule has 2 saturated heterocycles. The molecule has 2 fully saturated rings. The zero-order valence-electron chi connectivity index (χ0n) is 7.40. The molecular formula is C9H16O3. The molecular weight excluding hydrogens is 156 g/mol. The van der Waals surface area contributed by atoms with Crippen LogP contribution in [0.1, 0.15) is 26.2 Å². The summed E-state index contributed by atoms with van der Waals surface area (Å²) >= 11 is 0. The predicted octanol–water partition coefficient (Wildman–Crippen LogP) is 0.704. The molecule has 0 aromatic carbocycles. The normalized spacial score (nSPS) is 48.5. The molecule has 3 nitrogen and oxygen atoms in total. The highest BCUT2D eigenvalue weighted by molar-refractivity contribution is 4.85. The van der Waals surface area contributed by atoms with E-state index in [9.17, 15) is 5.11 Å². The van der Waals surface area contributed by atoms with Crippen molar-refractivity contribution in [3.8, 4) is 0 Å². The van der Waals surface area contributed by atoms with E-state index in [1.165, 1.54) is 0 Å². The fraction of sp³-hybridized carbons (Fsp3) is 1.00. The van der Waals surface area contributed by atoms with Gasteiger partial charge in [-0.05, 0) is 19.8 Å². The molecule has 12 heavy (non-hydrogen) atoms. The highest BCUT2D eigenvalue weighted by Crippen LogP contribution is 2.28. The van der Waals surface area contributed by atoms with Gasteiger partial charge in [-0.3, -0.25) is 0 Å². The van der Waals surface area contributed by atoms with Crippen molar-refractivity contribution in [3.05, 3.63) is 0 Å². The van der Waals surface area contributed by atoms with E-state index in [-0.39, 0.29) is 24.4 Å². The van der Waals surface area contributed by atoms with E-state index in [1.807, 2.05) is 6.92 Å². The van der Waals surface area contributed by atoms with Crippen molar-refractivity contribution in [1.29, 1.82) is 0 Å². The van der Waals surface area contributed by atoms with Crippen LogP contribution in [0.15, 0.2) is 0 Å². The molecule has 1 N–H and O–H groups in total. The Labute approximate surface area is 72.7 Å². The van der Waals surface area contributed by atoms with Gasteiger partial charge in [0, 0.05) is 13.0 Å². The van der Waals surface area contributed by atoms with Gasteiger partial charge in [0.05, 0.1) is 24.4 Å². The van der Waals surface area contributed by atoms with Crippen LogP contribution in [0.5, 0.6) is 0 Å². The van der Waals surface area contributed by atoms with Gasteiger partial charge in [0.25, 0.3) is 0 Å². The summed E-state index contributed by atoms with van der Waals surface area (Å²) in [6.07, 6.45) is 2.93. The molecule has 2 heterocycles. The summed E-state index contributed by atoms with van der Waals surface area (Å²) in [4.78, 5) is 0. The van der Waals surface area contributed by atoms with Gasteiger partial charge in [-0.25, -0.2) is 0 Å². The van der Waals surface area contributed by atoms with Gasteiger partial charge in [-0.2, -0.15) is 0 Å². The minimum Gasteiger partial charge on any atom is -0.390 e. The van der Waals surface area contributed by atoms with Crippen LogP contribution in [-0.4, -0.2) is 36.1 Å². The summed E-state index contributed by atoms with van der Waals surface area (Å²) in [6, 6.07) is 0. The Kier molecular flexibility index (Phi) is 2.35. The molecule has 0 saturated carbocycles. The van der Waals surface area contributed by atoms with Gasteiger partial charge in [0.15, 0.2) is 0 Å². The molecule has 2 aliphatic heterocycles. The Morgan fingerprint density at radius 1 is 1.33 bits per heavy atom. The van der Waals surface area contributed by atoms with E-state index in [4.69, 9.17) is 9.47 Å². The molecule has 2 rings (SSSR count). The van der Waals surface area contributed by atoms with Gasteiger partial charge >= 0.3 is 0 Å². The summed E-state index contributed by atoms with van der Waals surface area (Å²) in [6.45, 7) is 2.75. The van der Waals surface area contributed by atoms with Crippen LogP contribution in [-0.2, 0) is 9.47 Å². The molecule has 0 aliphatic carbocycles. The monoisotopic (exact) mass is 172 g/mol. The van der Waals surface area contributed by atoms with Crippen molar-refractivity contribution < 1.29 is 14.6 Å². The van der Waals surface area contributed by atoms with Gasteiger partial charge in [-0.15, -0.1) is 0 Å². The lowest BCUT2D eigenvalue weighted by Crippen LogP contribution is -2.49. The van der Waals surface area contributed by atoms with E-state index in [0.717, 1.165) is 25.9 Å². The highest BCUT2D eigenvalue weighted by Gasteiger charge is 2.36. The molecule has 0 bridgehead atoms. The van der Waals surface area contributed by atoms with E-state index >= 15 is 0 Å². The summed E-state index contributed by atoms with van der Waals surface area (Å²) in [7, 11) is 0. The Bertz CT molecular complexity index is 142. The Balaban J connectivity index is 1.98.